The van der Waals surface area contributed by atoms with Crippen molar-refractivity contribution in [1.29, 1.82) is 0 Å². The van der Waals surface area contributed by atoms with E-state index in [4.69, 9.17) is 10.5 Å². The van der Waals surface area contributed by atoms with Crippen molar-refractivity contribution in [2.45, 2.75) is 45.3 Å². The van der Waals surface area contributed by atoms with Crippen LogP contribution in [0.1, 0.15) is 33.6 Å². The third kappa shape index (κ3) is 4.07. The molecule has 0 fully saturated rings. The number of carbonyl (C=O) groups excluding carboxylic acids is 1. The van der Waals surface area contributed by atoms with Crippen LogP contribution in [0.15, 0.2) is 0 Å². The van der Waals surface area contributed by atoms with E-state index < -0.39 is 6.10 Å². The molecule has 0 aromatic carbocycles. The average Bonchev–Trinajstić information content (AvgIpc) is 2.24. The van der Waals surface area contributed by atoms with E-state index in [0.717, 1.165) is 12.8 Å². The molecule has 0 spiro atoms. The summed E-state index contributed by atoms with van der Waals surface area (Å²) in [6, 6.07) is 0. The quantitative estimate of drug-likeness (QED) is 0.665. The van der Waals surface area contributed by atoms with Crippen molar-refractivity contribution in [3.63, 3.8) is 0 Å². The van der Waals surface area contributed by atoms with Crippen LogP contribution in [-0.4, -0.2) is 31.2 Å². The van der Waals surface area contributed by atoms with Crippen LogP contribution in [0.25, 0.3) is 0 Å². The summed E-state index contributed by atoms with van der Waals surface area (Å²) in [5, 5.41) is 2.79. The number of rotatable bonds is 6. The Labute approximate surface area is 86.2 Å². The van der Waals surface area contributed by atoms with E-state index in [2.05, 4.69) is 5.32 Å². The van der Waals surface area contributed by atoms with Crippen molar-refractivity contribution in [1.82, 2.24) is 5.32 Å². The van der Waals surface area contributed by atoms with Crippen molar-refractivity contribution in [2.24, 2.45) is 5.73 Å². The van der Waals surface area contributed by atoms with Gasteiger partial charge in [-0.05, 0) is 19.8 Å². The topological polar surface area (TPSA) is 64.3 Å². The predicted octanol–water partition coefficient (Wildman–Crippen LogP) is 0.655. The number of nitrogens with two attached hydrogens (primary N) is 1. The Kier molecular flexibility index (Phi) is 5.72. The molecule has 84 valence electrons. The maximum atomic E-state index is 11.4. The van der Waals surface area contributed by atoms with Crippen LogP contribution in [0.2, 0.25) is 0 Å². The van der Waals surface area contributed by atoms with Gasteiger partial charge in [0.05, 0.1) is 0 Å². The molecule has 0 bridgehead atoms. The standard InChI is InChI=1S/C10H22N2O2/c1-5-10(11,6-2)7-12-9(13)8(3)14-4/h8H,5-7,11H2,1-4H3,(H,12,13). The molecule has 0 aliphatic heterocycles. The Hall–Kier alpha value is -0.610. The number of methoxy groups -OCH3 is 1. The van der Waals surface area contributed by atoms with E-state index in [1.165, 1.54) is 7.11 Å². The predicted molar refractivity (Wildman–Crippen MR) is 57.0 cm³/mol. The maximum Gasteiger partial charge on any atom is 0.248 e. The molecule has 0 saturated carbocycles. The first-order valence-corrected chi connectivity index (χ1v) is 5.08. The summed E-state index contributed by atoms with van der Waals surface area (Å²) in [5.41, 5.74) is 5.74. The van der Waals surface area contributed by atoms with Gasteiger partial charge in [0.15, 0.2) is 0 Å². The SMILES string of the molecule is CCC(N)(CC)CNC(=O)C(C)OC. The van der Waals surface area contributed by atoms with Crippen LogP contribution in [0.4, 0.5) is 0 Å². The van der Waals surface area contributed by atoms with Crippen LogP contribution < -0.4 is 11.1 Å². The second-order valence-electron chi connectivity index (χ2n) is 3.67. The lowest BCUT2D eigenvalue weighted by Gasteiger charge is -2.27. The van der Waals surface area contributed by atoms with E-state index in [1.54, 1.807) is 6.92 Å². The minimum Gasteiger partial charge on any atom is -0.372 e. The normalized spacial score (nSPS) is 13.8. The summed E-state index contributed by atoms with van der Waals surface area (Å²) in [5.74, 6) is -0.107. The van der Waals surface area contributed by atoms with E-state index in [9.17, 15) is 4.79 Å². The molecule has 0 saturated heterocycles. The summed E-state index contributed by atoms with van der Waals surface area (Å²) in [6.45, 7) is 6.27. The number of hydrogen-bond acceptors (Lipinski definition) is 3. The number of hydrogen-bond donors (Lipinski definition) is 2. The lowest BCUT2D eigenvalue weighted by atomic mass is 9.94. The Morgan fingerprint density at radius 2 is 2.00 bits per heavy atom. The number of amides is 1. The molecule has 0 aliphatic rings. The van der Waals surface area contributed by atoms with Crippen LogP contribution in [0.3, 0.4) is 0 Å². The first-order valence-electron chi connectivity index (χ1n) is 5.08. The second-order valence-corrected chi connectivity index (χ2v) is 3.67. The molecule has 0 aliphatic carbocycles. The van der Waals surface area contributed by atoms with Gasteiger partial charge >= 0.3 is 0 Å². The van der Waals surface area contributed by atoms with Crippen molar-refractivity contribution in [3.05, 3.63) is 0 Å². The molecule has 0 radical (unpaired) electrons. The van der Waals surface area contributed by atoms with E-state index in [1.807, 2.05) is 13.8 Å². The van der Waals surface area contributed by atoms with E-state index >= 15 is 0 Å². The molecule has 0 heterocycles. The summed E-state index contributed by atoms with van der Waals surface area (Å²) in [6.07, 6.45) is 1.30. The first-order chi connectivity index (χ1) is 6.49. The smallest absolute Gasteiger partial charge is 0.248 e. The monoisotopic (exact) mass is 202 g/mol. The molecule has 3 N–H and O–H groups in total. The molecular formula is C10H22N2O2. The van der Waals surface area contributed by atoms with Gasteiger partial charge in [-0.1, -0.05) is 13.8 Å². The van der Waals surface area contributed by atoms with Crippen molar-refractivity contribution in [2.75, 3.05) is 13.7 Å². The summed E-state index contributed by atoms with van der Waals surface area (Å²) in [4.78, 5) is 11.4. The largest absolute Gasteiger partial charge is 0.372 e. The Morgan fingerprint density at radius 3 is 2.36 bits per heavy atom. The zero-order valence-electron chi connectivity index (χ0n) is 9.59. The minimum atomic E-state index is -0.409. The first kappa shape index (κ1) is 13.4. The summed E-state index contributed by atoms with van der Waals surface area (Å²) < 4.78 is 4.89. The van der Waals surface area contributed by atoms with Gasteiger partial charge in [0.2, 0.25) is 5.91 Å². The van der Waals surface area contributed by atoms with Crippen LogP contribution in [0.5, 0.6) is 0 Å². The number of carbonyl (C=O) groups is 1. The highest BCUT2D eigenvalue weighted by Gasteiger charge is 2.22. The second kappa shape index (κ2) is 5.98. The van der Waals surface area contributed by atoms with Gasteiger partial charge in [-0.2, -0.15) is 0 Å². The highest BCUT2D eigenvalue weighted by atomic mass is 16.5. The van der Waals surface area contributed by atoms with Crippen LogP contribution in [-0.2, 0) is 9.53 Å². The van der Waals surface area contributed by atoms with Gasteiger partial charge in [-0.25, -0.2) is 0 Å². The van der Waals surface area contributed by atoms with Gasteiger partial charge in [-0.3, -0.25) is 4.79 Å². The van der Waals surface area contributed by atoms with Crippen LogP contribution >= 0.6 is 0 Å². The molecular weight excluding hydrogens is 180 g/mol. The van der Waals surface area contributed by atoms with Gasteiger partial charge in [0, 0.05) is 19.2 Å². The Bertz CT molecular complexity index is 179. The van der Waals surface area contributed by atoms with Gasteiger partial charge < -0.3 is 15.8 Å². The molecule has 4 heteroatoms. The Morgan fingerprint density at radius 1 is 1.50 bits per heavy atom. The third-order valence-electron chi connectivity index (χ3n) is 2.75. The zero-order valence-corrected chi connectivity index (χ0v) is 9.59. The minimum absolute atomic E-state index is 0.107. The number of ether oxygens (including phenoxy) is 1. The van der Waals surface area contributed by atoms with Gasteiger partial charge in [-0.15, -0.1) is 0 Å². The number of nitrogens with one attached hydrogen (secondary N) is 1. The molecule has 1 amide bonds. The van der Waals surface area contributed by atoms with E-state index in [0.29, 0.717) is 6.54 Å². The molecule has 1 atom stereocenters. The molecule has 14 heavy (non-hydrogen) atoms. The average molecular weight is 202 g/mol. The lowest BCUT2D eigenvalue weighted by Crippen LogP contribution is -2.50. The van der Waals surface area contributed by atoms with Gasteiger partial charge in [0.1, 0.15) is 6.10 Å². The van der Waals surface area contributed by atoms with Gasteiger partial charge in [0.25, 0.3) is 0 Å². The Balaban J connectivity index is 3.98. The van der Waals surface area contributed by atoms with Crippen LogP contribution in [0, 0.1) is 0 Å². The fourth-order valence-electron chi connectivity index (χ4n) is 1.01. The fourth-order valence-corrected chi connectivity index (χ4v) is 1.01. The highest BCUT2D eigenvalue weighted by molar-refractivity contribution is 5.80. The zero-order chi connectivity index (χ0) is 11.2. The van der Waals surface area contributed by atoms with Crippen molar-refractivity contribution in [3.8, 4) is 0 Å². The summed E-state index contributed by atoms with van der Waals surface area (Å²) in [7, 11) is 1.51. The van der Waals surface area contributed by atoms with E-state index in [-0.39, 0.29) is 11.4 Å². The molecule has 4 nitrogen and oxygen atoms in total. The lowest BCUT2D eigenvalue weighted by molar-refractivity contribution is -0.130. The molecule has 0 aromatic rings. The highest BCUT2D eigenvalue weighted by Crippen LogP contribution is 2.09. The molecule has 1 unspecified atom stereocenters. The summed E-state index contributed by atoms with van der Waals surface area (Å²) >= 11 is 0. The van der Waals surface area contributed by atoms with Crippen molar-refractivity contribution >= 4 is 5.91 Å². The maximum absolute atomic E-state index is 11.4. The van der Waals surface area contributed by atoms with Crippen molar-refractivity contribution < 1.29 is 9.53 Å². The molecule has 0 aromatic heterocycles. The molecule has 0 rings (SSSR count). The third-order valence-corrected chi connectivity index (χ3v) is 2.75. The fraction of sp³-hybridized carbons (Fsp3) is 0.900.